The molecule has 0 aliphatic heterocycles. The fourth-order valence-electron chi connectivity index (χ4n) is 4.04. The summed E-state index contributed by atoms with van der Waals surface area (Å²) in [7, 11) is 0. The van der Waals surface area contributed by atoms with E-state index in [9.17, 15) is 5.11 Å². The Morgan fingerprint density at radius 2 is 2.12 bits per heavy atom. The lowest BCUT2D eigenvalue weighted by molar-refractivity contribution is -0.00236. The first-order valence-electron chi connectivity index (χ1n) is 6.89. The fourth-order valence-corrected chi connectivity index (χ4v) is 4.04. The van der Waals surface area contributed by atoms with Gasteiger partial charge in [0.25, 0.3) is 0 Å². The van der Waals surface area contributed by atoms with Crippen molar-refractivity contribution in [3.8, 4) is 0 Å². The minimum Gasteiger partial charge on any atom is -0.389 e. The predicted octanol–water partition coefficient (Wildman–Crippen LogP) is 3.92. The maximum absolute atomic E-state index is 10.9. The quantitative estimate of drug-likeness (QED) is 0.718. The van der Waals surface area contributed by atoms with E-state index in [1.165, 1.54) is 19.3 Å². The standard InChI is InChI=1S/C15H26O/c1-4-5-10-15(16)11-14(2,3)12-8-6-7-9-13(12)15/h7,9,12-13,16H,4-6,8,10-11H2,1-3H3/t12-,13+,15-/m0/s1. The summed E-state index contributed by atoms with van der Waals surface area (Å²) in [6, 6.07) is 0. The van der Waals surface area contributed by atoms with Crippen molar-refractivity contribution in [2.75, 3.05) is 0 Å². The topological polar surface area (TPSA) is 20.2 Å². The summed E-state index contributed by atoms with van der Waals surface area (Å²) in [6.45, 7) is 6.89. The monoisotopic (exact) mass is 222 g/mol. The molecule has 1 N–H and O–H groups in total. The van der Waals surface area contributed by atoms with Crippen molar-refractivity contribution in [2.45, 2.75) is 64.9 Å². The zero-order valence-corrected chi connectivity index (χ0v) is 11.0. The van der Waals surface area contributed by atoms with Crippen LogP contribution < -0.4 is 0 Å². The molecular weight excluding hydrogens is 196 g/mol. The molecule has 2 rings (SSSR count). The molecule has 16 heavy (non-hydrogen) atoms. The summed E-state index contributed by atoms with van der Waals surface area (Å²) in [5.74, 6) is 1.11. The second-order valence-corrected chi connectivity index (χ2v) is 6.51. The number of aliphatic hydroxyl groups is 1. The van der Waals surface area contributed by atoms with Gasteiger partial charge in [-0.15, -0.1) is 0 Å². The maximum atomic E-state index is 10.9. The number of fused-ring (bicyclic) bond motifs is 1. The smallest absolute Gasteiger partial charge is 0.0718 e. The number of rotatable bonds is 3. The molecule has 0 bridgehead atoms. The Bertz CT molecular complexity index is 279. The van der Waals surface area contributed by atoms with Crippen LogP contribution in [0.4, 0.5) is 0 Å². The molecule has 0 aromatic carbocycles. The van der Waals surface area contributed by atoms with Crippen LogP contribution in [0.1, 0.15) is 59.3 Å². The van der Waals surface area contributed by atoms with Gasteiger partial charge in [0.1, 0.15) is 0 Å². The molecular formula is C15H26O. The van der Waals surface area contributed by atoms with Crippen LogP contribution in [-0.2, 0) is 0 Å². The van der Waals surface area contributed by atoms with E-state index in [-0.39, 0.29) is 0 Å². The average molecular weight is 222 g/mol. The van der Waals surface area contributed by atoms with E-state index in [0.717, 1.165) is 19.3 Å². The van der Waals surface area contributed by atoms with Crippen molar-refractivity contribution in [3.63, 3.8) is 0 Å². The second kappa shape index (κ2) is 4.18. The van der Waals surface area contributed by atoms with Gasteiger partial charge in [-0.3, -0.25) is 0 Å². The molecule has 0 amide bonds. The number of hydrogen-bond acceptors (Lipinski definition) is 1. The van der Waals surface area contributed by atoms with E-state index in [1.807, 2.05) is 0 Å². The van der Waals surface area contributed by atoms with Crippen molar-refractivity contribution in [1.29, 1.82) is 0 Å². The van der Waals surface area contributed by atoms with E-state index in [0.29, 0.717) is 17.3 Å². The zero-order chi connectivity index (χ0) is 11.8. The lowest BCUT2D eigenvalue weighted by Gasteiger charge is -2.33. The summed E-state index contributed by atoms with van der Waals surface area (Å²) < 4.78 is 0. The van der Waals surface area contributed by atoms with Gasteiger partial charge >= 0.3 is 0 Å². The van der Waals surface area contributed by atoms with E-state index >= 15 is 0 Å². The molecule has 92 valence electrons. The summed E-state index contributed by atoms with van der Waals surface area (Å²) >= 11 is 0. The average Bonchev–Trinajstić information content (AvgIpc) is 2.45. The number of hydrogen-bond donors (Lipinski definition) is 1. The maximum Gasteiger partial charge on any atom is 0.0718 e. The molecule has 1 heteroatoms. The molecule has 1 fully saturated rings. The Hall–Kier alpha value is -0.300. The molecule has 1 saturated carbocycles. The third-order valence-electron chi connectivity index (χ3n) is 4.77. The summed E-state index contributed by atoms with van der Waals surface area (Å²) in [4.78, 5) is 0. The highest BCUT2D eigenvalue weighted by Crippen LogP contribution is 2.57. The highest BCUT2D eigenvalue weighted by Gasteiger charge is 2.54. The van der Waals surface area contributed by atoms with E-state index in [1.54, 1.807) is 0 Å². The zero-order valence-electron chi connectivity index (χ0n) is 11.0. The first kappa shape index (κ1) is 12.2. The van der Waals surface area contributed by atoms with Crippen molar-refractivity contribution < 1.29 is 5.11 Å². The first-order chi connectivity index (χ1) is 7.49. The van der Waals surface area contributed by atoms with Crippen LogP contribution >= 0.6 is 0 Å². The Kier molecular flexibility index (Phi) is 3.18. The third-order valence-corrected chi connectivity index (χ3v) is 4.77. The highest BCUT2D eigenvalue weighted by molar-refractivity contribution is 5.14. The van der Waals surface area contributed by atoms with Crippen molar-refractivity contribution in [3.05, 3.63) is 12.2 Å². The molecule has 0 spiro atoms. The molecule has 0 unspecified atom stereocenters. The molecule has 2 aliphatic rings. The Morgan fingerprint density at radius 3 is 2.81 bits per heavy atom. The van der Waals surface area contributed by atoms with Crippen LogP contribution in [0.5, 0.6) is 0 Å². The Balaban J connectivity index is 2.20. The van der Waals surface area contributed by atoms with Gasteiger partial charge < -0.3 is 5.11 Å². The lowest BCUT2D eigenvalue weighted by atomic mass is 9.73. The second-order valence-electron chi connectivity index (χ2n) is 6.51. The van der Waals surface area contributed by atoms with Crippen LogP contribution in [0.15, 0.2) is 12.2 Å². The molecule has 3 atom stereocenters. The van der Waals surface area contributed by atoms with Crippen molar-refractivity contribution in [1.82, 2.24) is 0 Å². The minimum absolute atomic E-state index is 0.317. The van der Waals surface area contributed by atoms with Crippen molar-refractivity contribution >= 4 is 0 Å². The van der Waals surface area contributed by atoms with Crippen LogP contribution in [-0.4, -0.2) is 10.7 Å². The van der Waals surface area contributed by atoms with Gasteiger partial charge in [0, 0.05) is 5.92 Å². The number of unbranched alkanes of at least 4 members (excludes halogenated alkanes) is 1. The summed E-state index contributed by atoms with van der Waals surface area (Å²) in [5.41, 5.74) is -0.0982. The van der Waals surface area contributed by atoms with Gasteiger partial charge in [-0.1, -0.05) is 45.8 Å². The molecule has 2 aliphatic carbocycles. The van der Waals surface area contributed by atoms with E-state index in [4.69, 9.17) is 0 Å². The molecule has 0 aromatic heterocycles. The van der Waals surface area contributed by atoms with Crippen LogP contribution in [0.2, 0.25) is 0 Å². The summed E-state index contributed by atoms with van der Waals surface area (Å²) in [5, 5.41) is 10.9. The molecule has 0 saturated heterocycles. The molecule has 0 heterocycles. The van der Waals surface area contributed by atoms with Gasteiger partial charge in [0.15, 0.2) is 0 Å². The first-order valence-corrected chi connectivity index (χ1v) is 6.89. The largest absolute Gasteiger partial charge is 0.389 e. The molecule has 0 aromatic rings. The minimum atomic E-state index is -0.416. The Morgan fingerprint density at radius 1 is 1.38 bits per heavy atom. The highest BCUT2D eigenvalue weighted by atomic mass is 16.3. The van der Waals surface area contributed by atoms with Gasteiger partial charge in [-0.2, -0.15) is 0 Å². The van der Waals surface area contributed by atoms with Crippen LogP contribution in [0.3, 0.4) is 0 Å². The third kappa shape index (κ3) is 1.95. The van der Waals surface area contributed by atoms with Crippen LogP contribution in [0, 0.1) is 17.3 Å². The summed E-state index contributed by atoms with van der Waals surface area (Å²) in [6.07, 6.45) is 11.4. The predicted molar refractivity (Wildman–Crippen MR) is 68.2 cm³/mol. The molecule has 0 radical (unpaired) electrons. The van der Waals surface area contributed by atoms with Gasteiger partial charge in [-0.05, 0) is 37.0 Å². The van der Waals surface area contributed by atoms with Gasteiger partial charge in [-0.25, -0.2) is 0 Å². The van der Waals surface area contributed by atoms with Crippen LogP contribution in [0.25, 0.3) is 0 Å². The number of allylic oxidation sites excluding steroid dienone is 1. The lowest BCUT2D eigenvalue weighted by Crippen LogP contribution is -2.35. The SMILES string of the molecule is CCCC[C@]1(O)CC(C)(C)[C@H]2CCC=C[C@H]21. The van der Waals surface area contributed by atoms with Gasteiger partial charge in [0.2, 0.25) is 0 Å². The molecule has 1 nitrogen and oxygen atoms in total. The Labute approximate surface area is 99.9 Å². The van der Waals surface area contributed by atoms with E-state index in [2.05, 4.69) is 32.9 Å². The van der Waals surface area contributed by atoms with Gasteiger partial charge in [0.05, 0.1) is 5.60 Å². The van der Waals surface area contributed by atoms with E-state index < -0.39 is 5.60 Å². The fraction of sp³-hybridized carbons (Fsp3) is 0.867. The normalized spacial score (nSPS) is 41.0. The van der Waals surface area contributed by atoms with Crippen molar-refractivity contribution in [2.24, 2.45) is 17.3 Å².